The zero-order chi connectivity index (χ0) is 24.5. The number of hydrogen-bond acceptors (Lipinski definition) is 5. The van der Waals surface area contributed by atoms with E-state index in [1.165, 1.54) is 11.8 Å². The van der Waals surface area contributed by atoms with Gasteiger partial charge in [-0.3, -0.25) is 14.4 Å². The summed E-state index contributed by atoms with van der Waals surface area (Å²) in [4.78, 5) is 43.6. The van der Waals surface area contributed by atoms with Crippen LogP contribution in [0, 0.1) is 11.8 Å². The number of carboxylic acids is 1. The molecule has 8 heteroatoms. The fourth-order valence-electron chi connectivity index (χ4n) is 6.15. The molecule has 0 aliphatic carbocycles. The van der Waals surface area contributed by atoms with Crippen molar-refractivity contribution in [1.82, 2.24) is 9.80 Å². The lowest BCUT2D eigenvalue weighted by Crippen LogP contribution is -2.58. The molecule has 184 valence electrons. The molecular formula is C26H34N2O5S. The van der Waals surface area contributed by atoms with Gasteiger partial charge < -0.3 is 20.0 Å². The Hall–Kier alpha value is -2.32. The van der Waals surface area contributed by atoms with E-state index in [0.717, 1.165) is 18.4 Å². The van der Waals surface area contributed by atoms with Gasteiger partial charge in [-0.15, -0.1) is 18.3 Å². The summed E-state index contributed by atoms with van der Waals surface area (Å²) in [5.41, 5.74) is 0.954. The minimum Gasteiger partial charge on any atom is -0.481 e. The van der Waals surface area contributed by atoms with Crippen LogP contribution in [-0.4, -0.2) is 79.6 Å². The molecular weight excluding hydrogens is 452 g/mol. The number of rotatable bonds is 11. The molecule has 0 radical (unpaired) electrons. The quantitative estimate of drug-likeness (QED) is 0.467. The van der Waals surface area contributed by atoms with E-state index in [2.05, 4.69) is 13.5 Å². The first kappa shape index (κ1) is 24.8. The van der Waals surface area contributed by atoms with Gasteiger partial charge in [0.15, 0.2) is 0 Å². The largest absolute Gasteiger partial charge is 0.481 e. The number of aliphatic carboxylic acids is 1. The van der Waals surface area contributed by atoms with E-state index in [0.29, 0.717) is 32.4 Å². The topological polar surface area (TPSA) is 98.2 Å². The Labute approximate surface area is 205 Å². The number of carboxylic acid groups (broad SMARTS) is 1. The first-order chi connectivity index (χ1) is 16.4. The maximum absolute atomic E-state index is 14.1. The van der Waals surface area contributed by atoms with Gasteiger partial charge in [-0.05, 0) is 31.2 Å². The summed E-state index contributed by atoms with van der Waals surface area (Å²) in [6, 6.07) is 8.19. The number of carbonyl (C=O) groups excluding carboxylic acids is 2. The van der Waals surface area contributed by atoms with Crippen LogP contribution in [0.1, 0.15) is 38.2 Å². The molecule has 7 nitrogen and oxygen atoms in total. The molecule has 3 heterocycles. The molecule has 3 aliphatic heterocycles. The Morgan fingerprint density at radius 2 is 2.09 bits per heavy atom. The van der Waals surface area contributed by atoms with E-state index in [-0.39, 0.29) is 23.7 Å². The average Bonchev–Trinajstić information content (AvgIpc) is 3.48. The van der Waals surface area contributed by atoms with Crippen LogP contribution in [0.2, 0.25) is 0 Å². The highest BCUT2D eigenvalue weighted by Crippen LogP contribution is 2.66. The summed E-state index contributed by atoms with van der Waals surface area (Å²) in [5, 5.41) is 20.2. The van der Waals surface area contributed by atoms with Gasteiger partial charge in [0, 0.05) is 18.3 Å². The molecule has 34 heavy (non-hydrogen) atoms. The Morgan fingerprint density at radius 3 is 2.71 bits per heavy atom. The van der Waals surface area contributed by atoms with E-state index in [1.54, 1.807) is 15.9 Å². The van der Waals surface area contributed by atoms with Crippen LogP contribution in [0.3, 0.4) is 0 Å². The number of amides is 2. The number of thioether (sulfide) groups is 1. The summed E-state index contributed by atoms with van der Waals surface area (Å²) in [5.74, 6) is -2.97. The summed E-state index contributed by atoms with van der Waals surface area (Å²) in [6.45, 7) is 6.50. The Balaban J connectivity index is 1.76. The molecule has 1 aromatic carbocycles. The summed E-state index contributed by atoms with van der Waals surface area (Å²) < 4.78 is -0.766. The highest BCUT2D eigenvalue weighted by atomic mass is 32.2. The number of aliphatic hydroxyl groups excluding tert-OH is 1. The molecule has 3 fully saturated rings. The minimum absolute atomic E-state index is 0.157. The molecule has 1 spiro atoms. The van der Waals surface area contributed by atoms with E-state index < -0.39 is 34.6 Å². The predicted octanol–water partition coefficient (Wildman–Crippen LogP) is 2.58. The fourth-order valence-corrected chi connectivity index (χ4v) is 8.34. The number of hydrogen-bond donors (Lipinski definition) is 2. The summed E-state index contributed by atoms with van der Waals surface area (Å²) in [6.07, 6.45) is 5.16. The van der Waals surface area contributed by atoms with Gasteiger partial charge in [-0.1, -0.05) is 49.8 Å². The predicted molar refractivity (Wildman–Crippen MR) is 131 cm³/mol. The maximum Gasteiger partial charge on any atom is 0.308 e. The lowest BCUT2D eigenvalue weighted by molar-refractivity contribution is -0.149. The van der Waals surface area contributed by atoms with Crippen molar-refractivity contribution in [1.29, 1.82) is 0 Å². The van der Waals surface area contributed by atoms with Crippen molar-refractivity contribution in [2.75, 3.05) is 19.7 Å². The minimum atomic E-state index is -0.969. The number of benzene rings is 1. The monoisotopic (exact) mass is 486 g/mol. The van der Waals surface area contributed by atoms with Crippen molar-refractivity contribution in [3.63, 3.8) is 0 Å². The average molecular weight is 487 g/mol. The molecule has 1 aromatic rings. The SMILES string of the molecule is C=CCN(CCCC)C(=O)C1N([C@@H](CO)Cc2ccccc2)C(=O)[C@@H]2[C@H](C(=O)O)[C@@H]3CCC12S3. The van der Waals surface area contributed by atoms with Gasteiger partial charge in [0.2, 0.25) is 11.8 Å². The zero-order valence-electron chi connectivity index (χ0n) is 19.6. The number of aliphatic hydroxyl groups is 1. The normalized spacial score (nSPS) is 30.3. The lowest BCUT2D eigenvalue weighted by atomic mass is 9.71. The molecule has 3 aliphatic rings. The van der Waals surface area contributed by atoms with Crippen LogP contribution < -0.4 is 0 Å². The first-order valence-electron chi connectivity index (χ1n) is 12.2. The van der Waals surface area contributed by atoms with Gasteiger partial charge in [-0.2, -0.15) is 0 Å². The van der Waals surface area contributed by atoms with Crippen molar-refractivity contribution in [2.45, 2.75) is 61.1 Å². The highest BCUT2D eigenvalue weighted by molar-refractivity contribution is 8.02. The lowest BCUT2D eigenvalue weighted by Gasteiger charge is -2.39. The molecule has 2 unspecified atom stereocenters. The number of carbonyl (C=O) groups is 3. The van der Waals surface area contributed by atoms with E-state index in [1.807, 2.05) is 30.3 Å². The van der Waals surface area contributed by atoms with Gasteiger partial charge in [0.25, 0.3) is 0 Å². The molecule has 2 amide bonds. The first-order valence-corrected chi connectivity index (χ1v) is 13.0. The Morgan fingerprint density at radius 1 is 1.35 bits per heavy atom. The fraction of sp³-hybridized carbons (Fsp3) is 0.577. The summed E-state index contributed by atoms with van der Waals surface area (Å²) in [7, 11) is 0. The third-order valence-corrected chi connectivity index (χ3v) is 9.57. The second-order valence-electron chi connectivity index (χ2n) is 9.59. The molecule has 3 saturated heterocycles. The highest BCUT2D eigenvalue weighted by Gasteiger charge is 2.74. The van der Waals surface area contributed by atoms with Crippen molar-refractivity contribution in [2.24, 2.45) is 11.8 Å². The second kappa shape index (κ2) is 10.1. The van der Waals surface area contributed by atoms with Gasteiger partial charge in [-0.25, -0.2) is 0 Å². The van der Waals surface area contributed by atoms with Gasteiger partial charge >= 0.3 is 5.97 Å². The van der Waals surface area contributed by atoms with Gasteiger partial charge in [0.1, 0.15) is 6.04 Å². The maximum atomic E-state index is 14.1. The number of unbranched alkanes of at least 4 members (excludes halogenated alkanes) is 1. The second-order valence-corrected chi connectivity index (χ2v) is 11.2. The van der Waals surface area contributed by atoms with Gasteiger partial charge in [0.05, 0.1) is 29.2 Å². The van der Waals surface area contributed by atoms with Crippen LogP contribution in [0.4, 0.5) is 0 Å². The van der Waals surface area contributed by atoms with E-state index in [9.17, 15) is 24.6 Å². The van der Waals surface area contributed by atoms with Crippen LogP contribution in [0.5, 0.6) is 0 Å². The molecule has 2 bridgehead atoms. The molecule has 0 saturated carbocycles. The standard InChI is InChI=1S/C26H34N2O5S/c1-3-5-14-27(13-4-2)24(31)22-26-12-11-19(34-26)20(25(32)33)21(26)23(30)28(22)18(16-29)15-17-9-7-6-8-10-17/h4,6-10,18-22,29H,2-3,5,11-16H2,1H3,(H,32,33)/t18-,19+,20-,21+,22?,26?/m1/s1. The Bertz CT molecular complexity index is 940. The zero-order valence-corrected chi connectivity index (χ0v) is 20.5. The number of fused-ring (bicyclic) bond motifs is 1. The van der Waals surface area contributed by atoms with E-state index >= 15 is 0 Å². The van der Waals surface area contributed by atoms with Crippen LogP contribution >= 0.6 is 11.8 Å². The third kappa shape index (κ3) is 4.05. The third-order valence-electron chi connectivity index (χ3n) is 7.62. The van der Waals surface area contributed by atoms with Crippen molar-refractivity contribution in [3.05, 3.63) is 48.6 Å². The number of likely N-dealkylation sites (tertiary alicyclic amines) is 1. The molecule has 6 atom stereocenters. The van der Waals surface area contributed by atoms with Crippen LogP contribution in [-0.2, 0) is 20.8 Å². The van der Waals surface area contributed by atoms with Crippen LogP contribution in [0.15, 0.2) is 43.0 Å². The van der Waals surface area contributed by atoms with E-state index in [4.69, 9.17) is 0 Å². The smallest absolute Gasteiger partial charge is 0.308 e. The number of nitrogens with zero attached hydrogens (tertiary/aromatic N) is 2. The molecule has 2 N–H and O–H groups in total. The van der Waals surface area contributed by atoms with Crippen molar-refractivity contribution < 1.29 is 24.6 Å². The molecule has 0 aromatic heterocycles. The van der Waals surface area contributed by atoms with Crippen LogP contribution in [0.25, 0.3) is 0 Å². The summed E-state index contributed by atoms with van der Waals surface area (Å²) >= 11 is 1.53. The molecule has 4 rings (SSSR count). The van der Waals surface area contributed by atoms with Crippen molar-refractivity contribution in [3.8, 4) is 0 Å². The van der Waals surface area contributed by atoms with Crippen molar-refractivity contribution >= 4 is 29.5 Å². The Kier molecular flexibility index (Phi) is 7.38.